The van der Waals surface area contributed by atoms with Crippen molar-refractivity contribution in [3.63, 3.8) is 0 Å². The van der Waals surface area contributed by atoms with Crippen molar-refractivity contribution >= 4 is 5.91 Å². The number of rotatable bonds is 5. The minimum atomic E-state index is 0.330. The zero-order valence-electron chi connectivity index (χ0n) is 13.7. The Balaban J connectivity index is 1.79. The summed E-state index contributed by atoms with van der Waals surface area (Å²) in [5.74, 6) is 0.788. The minimum Gasteiger partial charge on any atom is -0.331 e. The van der Waals surface area contributed by atoms with E-state index in [1.54, 1.807) is 4.90 Å². The Kier molecular flexibility index (Phi) is 5.80. The van der Waals surface area contributed by atoms with Crippen molar-refractivity contribution in [2.75, 3.05) is 26.2 Å². The van der Waals surface area contributed by atoms with E-state index in [4.69, 9.17) is 0 Å². The number of carbonyl (C=O) groups excluding carboxylic acids is 1. The molecule has 1 aromatic rings. The van der Waals surface area contributed by atoms with Crippen molar-refractivity contribution in [3.8, 4) is 0 Å². The van der Waals surface area contributed by atoms with Crippen LogP contribution in [0.5, 0.6) is 0 Å². The molecule has 3 heteroatoms. The SMILES string of the molecule is CCc1ccc(C[NH+]2CCN(C(=O)CC(C)C)CC2)cc1. The van der Waals surface area contributed by atoms with Crippen LogP contribution in [0.1, 0.15) is 38.3 Å². The van der Waals surface area contributed by atoms with E-state index in [1.165, 1.54) is 11.1 Å². The predicted molar refractivity (Wildman–Crippen MR) is 86.3 cm³/mol. The Morgan fingerprint density at radius 3 is 2.24 bits per heavy atom. The average Bonchev–Trinajstić information content (AvgIpc) is 2.48. The third-order valence-corrected chi connectivity index (χ3v) is 4.29. The van der Waals surface area contributed by atoms with E-state index < -0.39 is 0 Å². The maximum Gasteiger partial charge on any atom is 0.223 e. The Morgan fingerprint density at radius 1 is 1.14 bits per heavy atom. The van der Waals surface area contributed by atoms with E-state index in [-0.39, 0.29) is 0 Å². The van der Waals surface area contributed by atoms with Gasteiger partial charge in [0, 0.05) is 12.0 Å². The van der Waals surface area contributed by atoms with Crippen molar-refractivity contribution in [2.45, 2.75) is 40.2 Å². The molecular formula is C18H29N2O+. The molecule has 1 N–H and O–H groups in total. The van der Waals surface area contributed by atoms with Gasteiger partial charge in [-0.1, -0.05) is 45.0 Å². The van der Waals surface area contributed by atoms with E-state index in [0.717, 1.165) is 39.1 Å². The first-order valence-electron chi connectivity index (χ1n) is 8.27. The number of benzene rings is 1. The summed E-state index contributed by atoms with van der Waals surface area (Å²) in [6, 6.07) is 8.97. The molecule has 1 fully saturated rings. The van der Waals surface area contributed by atoms with E-state index in [1.807, 2.05) is 4.90 Å². The standard InChI is InChI=1S/C18H28N2O/c1-4-16-5-7-17(8-6-16)14-19-9-11-20(12-10-19)18(21)13-15(2)3/h5-8,15H,4,9-14H2,1-3H3/p+1. The van der Waals surface area contributed by atoms with Gasteiger partial charge < -0.3 is 9.80 Å². The monoisotopic (exact) mass is 289 g/mol. The summed E-state index contributed by atoms with van der Waals surface area (Å²) in [4.78, 5) is 15.7. The summed E-state index contributed by atoms with van der Waals surface area (Å²) < 4.78 is 0. The van der Waals surface area contributed by atoms with Gasteiger partial charge in [0.15, 0.2) is 0 Å². The van der Waals surface area contributed by atoms with Crippen molar-refractivity contribution in [1.29, 1.82) is 0 Å². The molecule has 0 unspecified atom stereocenters. The molecule has 1 aromatic carbocycles. The third-order valence-electron chi connectivity index (χ3n) is 4.29. The van der Waals surface area contributed by atoms with Gasteiger partial charge in [0.25, 0.3) is 0 Å². The maximum atomic E-state index is 12.1. The summed E-state index contributed by atoms with van der Waals surface area (Å²) in [6.07, 6.45) is 1.79. The third kappa shape index (κ3) is 4.85. The van der Waals surface area contributed by atoms with Crippen LogP contribution in [-0.2, 0) is 17.8 Å². The highest BCUT2D eigenvalue weighted by Gasteiger charge is 2.23. The second-order valence-corrected chi connectivity index (χ2v) is 6.58. The molecular weight excluding hydrogens is 260 g/mol. The fourth-order valence-electron chi connectivity index (χ4n) is 2.91. The Morgan fingerprint density at radius 2 is 1.71 bits per heavy atom. The van der Waals surface area contributed by atoms with Gasteiger partial charge in [-0.3, -0.25) is 4.79 Å². The lowest BCUT2D eigenvalue weighted by atomic mass is 10.1. The van der Waals surface area contributed by atoms with Crippen molar-refractivity contribution in [3.05, 3.63) is 35.4 Å². The molecule has 1 saturated heterocycles. The number of hydrogen-bond donors (Lipinski definition) is 1. The van der Waals surface area contributed by atoms with Gasteiger partial charge >= 0.3 is 0 Å². The number of aryl methyl sites for hydroxylation is 1. The number of piperazine rings is 1. The van der Waals surface area contributed by atoms with Crippen LogP contribution < -0.4 is 4.90 Å². The van der Waals surface area contributed by atoms with Crippen LogP contribution in [0.25, 0.3) is 0 Å². The van der Waals surface area contributed by atoms with E-state index >= 15 is 0 Å². The Bertz CT molecular complexity index is 445. The highest BCUT2D eigenvalue weighted by Crippen LogP contribution is 2.06. The number of nitrogens with zero attached hydrogens (tertiary/aromatic N) is 1. The van der Waals surface area contributed by atoms with Gasteiger partial charge in [-0.15, -0.1) is 0 Å². The second kappa shape index (κ2) is 7.60. The molecule has 0 atom stereocenters. The molecule has 1 heterocycles. The first-order chi connectivity index (χ1) is 10.1. The molecule has 0 radical (unpaired) electrons. The Labute approximate surface area is 128 Å². The van der Waals surface area contributed by atoms with Crippen molar-refractivity contribution < 1.29 is 9.69 Å². The van der Waals surface area contributed by atoms with E-state index in [2.05, 4.69) is 45.0 Å². The summed E-state index contributed by atoms with van der Waals surface area (Å²) in [6.45, 7) is 11.4. The molecule has 0 saturated carbocycles. The van der Waals surface area contributed by atoms with Crippen LogP contribution in [0.2, 0.25) is 0 Å². The van der Waals surface area contributed by atoms with Crippen molar-refractivity contribution in [1.82, 2.24) is 4.90 Å². The molecule has 1 aliphatic heterocycles. The highest BCUT2D eigenvalue weighted by atomic mass is 16.2. The molecule has 0 bridgehead atoms. The van der Waals surface area contributed by atoms with Gasteiger partial charge in [0.05, 0.1) is 26.2 Å². The summed E-state index contributed by atoms with van der Waals surface area (Å²) in [7, 11) is 0. The van der Waals surface area contributed by atoms with Gasteiger partial charge in [0.2, 0.25) is 5.91 Å². The number of nitrogens with one attached hydrogen (secondary N) is 1. The molecule has 0 aromatic heterocycles. The molecule has 3 nitrogen and oxygen atoms in total. The zero-order chi connectivity index (χ0) is 15.2. The lowest BCUT2D eigenvalue weighted by molar-refractivity contribution is -0.917. The minimum absolute atomic E-state index is 0.330. The number of amides is 1. The number of carbonyl (C=O) groups is 1. The molecule has 116 valence electrons. The van der Waals surface area contributed by atoms with Crippen LogP contribution >= 0.6 is 0 Å². The quantitative estimate of drug-likeness (QED) is 0.873. The fraction of sp³-hybridized carbons (Fsp3) is 0.611. The molecule has 2 rings (SSSR count). The largest absolute Gasteiger partial charge is 0.331 e. The average molecular weight is 289 g/mol. The Hall–Kier alpha value is -1.35. The first kappa shape index (κ1) is 16.0. The maximum absolute atomic E-state index is 12.1. The molecule has 0 spiro atoms. The molecule has 0 aliphatic carbocycles. The smallest absolute Gasteiger partial charge is 0.223 e. The molecule has 1 aliphatic rings. The molecule has 21 heavy (non-hydrogen) atoms. The van der Waals surface area contributed by atoms with E-state index in [9.17, 15) is 4.79 Å². The van der Waals surface area contributed by atoms with Crippen LogP contribution in [0.3, 0.4) is 0 Å². The van der Waals surface area contributed by atoms with Crippen LogP contribution in [-0.4, -0.2) is 37.0 Å². The van der Waals surface area contributed by atoms with E-state index in [0.29, 0.717) is 18.2 Å². The van der Waals surface area contributed by atoms with Crippen molar-refractivity contribution in [2.24, 2.45) is 5.92 Å². The lowest BCUT2D eigenvalue weighted by Crippen LogP contribution is -3.13. The van der Waals surface area contributed by atoms with Gasteiger partial charge in [-0.25, -0.2) is 0 Å². The topological polar surface area (TPSA) is 24.8 Å². The fourth-order valence-corrected chi connectivity index (χ4v) is 2.91. The zero-order valence-corrected chi connectivity index (χ0v) is 13.7. The highest BCUT2D eigenvalue weighted by molar-refractivity contribution is 5.76. The summed E-state index contributed by atoms with van der Waals surface area (Å²) in [5.41, 5.74) is 2.81. The summed E-state index contributed by atoms with van der Waals surface area (Å²) in [5, 5.41) is 0. The lowest BCUT2D eigenvalue weighted by Gasteiger charge is -2.32. The second-order valence-electron chi connectivity index (χ2n) is 6.58. The predicted octanol–water partition coefficient (Wildman–Crippen LogP) is 1.52. The van der Waals surface area contributed by atoms with Gasteiger partial charge in [-0.2, -0.15) is 0 Å². The van der Waals surface area contributed by atoms with Crippen LogP contribution in [0.4, 0.5) is 0 Å². The molecule has 1 amide bonds. The number of hydrogen-bond acceptors (Lipinski definition) is 1. The van der Waals surface area contributed by atoms with Gasteiger partial charge in [-0.05, 0) is 17.9 Å². The van der Waals surface area contributed by atoms with Gasteiger partial charge in [0.1, 0.15) is 6.54 Å². The van der Waals surface area contributed by atoms with Crippen LogP contribution in [0.15, 0.2) is 24.3 Å². The first-order valence-corrected chi connectivity index (χ1v) is 8.27. The summed E-state index contributed by atoms with van der Waals surface area (Å²) >= 11 is 0. The van der Waals surface area contributed by atoms with Crippen LogP contribution in [0, 0.1) is 5.92 Å². The normalized spacial score (nSPS) is 16.5. The number of quaternary nitrogens is 1.